The molecule has 1 aliphatic carbocycles. The third kappa shape index (κ3) is 4.93. The smallest absolute Gasteiger partial charge is 0.256 e. The number of carbonyl (C=O) groups is 2. The maximum atomic E-state index is 12.0. The lowest BCUT2D eigenvalue weighted by Crippen LogP contribution is -2.42. The molecule has 0 aromatic rings. The van der Waals surface area contributed by atoms with Crippen LogP contribution in [0.3, 0.4) is 0 Å². The van der Waals surface area contributed by atoms with Gasteiger partial charge in [0, 0.05) is 31.7 Å². The summed E-state index contributed by atoms with van der Waals surface area (Å²) in [5, 5.41) is 0. The van der Waals surface area contributed by atoms with E-state index in [0.29, 0.717) is 29.7 Å². The molecule has 0 saturated heterocycles. The summed E-state index contributed by atoms with van der Waals surface area (Å²) < 4.78 is 5.50. The molecule has 2 rings (SSSR count). The number of imide groups is 1. The molecule has 0 spiro atoms. The maximum Gasteiger partial charge on any atom is 0.256 e. The molecule has 0 radical (unpaired) electrons. The van der Waals surface area contributed by atoms with E-state index in [1.807, 2.05) is 0 Å². The zero-order chi connectivity index (χ0) is 19.5. The highest BCUT2D eigenvalue weighted by molar-refractivity contribution is 6.15. The van der Waals surface area contributed by atoms with E-state index >= 15 is 0 Å². The summed E-state index contributed by atoms with van der Waals surface area (Å²) in [7, 11) is 1.55. The van der Waals surface area contributed by atoms with E-state index in [0.717, 1.165) is 12.8 Å². The molecule has 1 aliphatic heterocycles. The van der Waals surface area contributed by atoms with E-state index in [1.54, 1.807) is 21.0 Å². The number of carbonyl (C=O) groups excluding carboxylic acids is 2. The molecule has 0 aromatic heterocycles. The second-order valence-corrected chi connectivity index (χ2v) is 8.25. The normalized spacial score (nSPS) is 29.3. The summed E-state index contributed by atoms with van der Waals surface area (Å²) in [6, 6.07) is 0. The van der Waals surface area contributed by atoms with Crippen LogP contribution in [0.4, 0.5) is 0 Å². The van der Waals surface area contributed by atoms with Gasteiger partial charge >= 0.3 is 0 Å². The molecule has 4 atom stereocenters. The molecule has 26 heavy (non-hydrogen) atoms. The fraction of sp³-hybridized carbons (Fsp3) is 0.800. The first-order valence-corrected chi connectivity index (χ1v) is 9.60. The largest absolute Gasteiger partial charge is 0.351 e. The number of nitrogens with zero attached hydrogens (tertiary/aromatic N) is 1. The molecule has 0 bridgehead atoms. The fourth-order valence-electron chi connectivity index (χ4n) is 3.73. The van der Waals surface area contributed by atoms with Gasteiger partial charge in [-0.25, -0.2) is 9.78 Å². The summed E-state index contributed by atoms with van der Waals surface area (Å²) in [4.78, 5) is 36.7. The number of amides is 2. The Morgan fingerprint density at radius 2 is 2.00 bits per heavy atom. The first kappa shape index (κ1) is 21.1. The highest BCUT2D eigenvalue weighted by atomic mass is 17.2. The molecule has 4 unspecified atom stereocenters. The molecule has 1 saturated carbocycles. The van der Waals surface area contributed by atoms with E-state index in [1.165, 1.54) is 17.4 Å². The molecule has 6 nitrogen and oxygen atoms in total. The third-order valence-electron chi connectivity index (χ3n) is 5.72. The standard InChI is InChI=1S/C20H33NO5/c1-13(2)16-8-7-14(3)11-17(16)25-26-20(5,24-6)9-10-21-18(22)12-15(4)19(21)23/h12-14,16-17H,7-11H2,1-6H3. The van der Waals surface area contributed by atoms with Crippen molar-refractivity contribution in [3.05, 3.63) is 11.6 Å². The zero-order valence-corrected chi connectivity index (χ0v) is 16.9. The topological polar surface area (TPSA) is 65.1 Å². The van der Waals surface area contributed by atoms with Gasteiger partial charge in [-0.1, -0.05) is 27.2 Å². The molecule has 148 valence electrons. The number of hydrogen-bond donors (Lipinski definition) is 0. The van der Waals surface area contributed by atoms with Crippen LogP contribution in [0.1, 0.15) is 60.3 Å². The monoisotopic (exact) mass is 367 g/mol. The highest BCUT2D eigenvalue weighted by Crippen LogP contribution is 2.36. The van der Waals surface area contributed by atoms with Crippen LogP contribution < -0.4 is 0 Å². The molecule has 6 heteroatoms. The van der Waals surface area contributed by atoms with Gasteiger partial charge < -0.3 is 4.74 Å². The van der Waals surface area contributed by atoms with Crippen molar-refractivity contribution in [2.24, 2.45) is 17.8 Å². The lowest BCUT2D eigenvalue weighted by molar-refractivity contribution is -0.446. The van der Waals surface area contributed by atoms with Crippen LogP contribution in [-0.2, 0) is 24.1 Å². The molecule has 2 amide bonds. The van der Waals surface area contributed by atoms with Gasteiger partial charge in [0.2, 0.25) is 0 Å². The van der Waals surface area contributed by atoms with E-state index in [9.17, 15) is 9.59 Å². The lowest BCUT2D eigenvalue weighted by atomic mass is 9.75. The SMILES string of the molecule is COC(C)(CCN1C(=O)C=C(C)C1=O)OOC1CC(C)CCC1C(C)C. The van der Waals surface area contributed by atoms with E-state index < -0.39 is 5.79 Å². The summed E-state index contributed by atoms with van der Waals surface area (Å²) in [6.45, 7) is 10.3. The van der Waals surface area contributed by atoms with Gasteiger partial charge in [-0.05, 0) is 44.4 Å². The summed E-state index contributed by atoms with van der Waals surface area (Å²) in [6.07, 6.45) is 5.06. The number of rotatable bonds is 8. The second kappa shape index (κ2) is 8.63. The molecular formula is C20H33NO5. The van der Waals surface area contributed by atoms with Crippen LogP contribution in [0.15, 0.2) is 11.6 Å². The number of methoxy groups -OCH3 is 1. The van der Waals surface area contributed by atoms with Crippen LogP contribution >= 0.6 is 0 Å². The molecule has 2 aliphatic rings. The van der Waals surface area contributed by atoms with Gasteiger partial charge in [-0.2, -0.15) is 0 Å². The minimum absolute atomic E-state index is 0.0344. The molecular weight excluding hydrogens is 334 g/mol. The Labute approximate surface area is 156 Å². The Hall–Kier alpha value is -1.24. The molecule has 0 aromatic carbocycles. The van der Waals surface area contributed by atoms with E-state index in [2.05, 4.69) is 20.8 Å². The maximum absolute atomic E-state index is 12.0. The van der Waals surface area contributed by atoms with Crippen molar-refractivity contribution in [1.82, 2.24) is 4.90 Å². The quantitative estimate of drug-likeness (QED) is 0.284. The van der Waals surface area contributed by atoms with E-state index in [4.69, 9.17) is 14.5 Å². The lowest BCUT2D eigenvalue weighted by Gasteiger charge is -2.38. The summed E-state index contributed by atoms with van der Waals surface area (Å²) in [5.41, 5.74) is 0.460. The summed E-state index contributed by atoms with van der Waals surface area (Å²) in [5.74, 6) is 0.0448. The minimum atomic E-state index is -1.01. The third-order valence-corrected chi connectivity index (χ3v) is 5.72. The molecule has 1 heterocycles. The average Bonchev–Trinajstić information content (AvgIpc) is 2.83. The van der Waals surface area contributed by atoms with Crippen molar-refractivity contribution < 1.29 is 24.1 Å². The van der Waals surface area contributed by atoms with Gasteiger partial charge in [0.15, 0.2) is 5.79 Å². The van der Waals surface area contributed by atoms with Crippen LogP contribution in [0, 0.1) is 17.8 Å². The highest BCUT2D eigenvalue weighted by Gasteiger charge is 2.37. The van der Waals surface area contributed by atoms with E-state index in [-0.39, 0.29) is 24.5 Å². The molecule has 1 fully saturated rings. The van der Waals surface area contributed by atoms with Crippen molar-refractivity contribution in [2.75, 3.05) is 13.7 Å². The van der Waals surface area contributed by atoms with Crippen LogP contribution in [-0.4, -0.2) is 42.3 Å². The van der Waals surface area contributed by atoms with Crippen molar-refractivity contribution >= 4 is 11.8 Å². The van der Waals surface area contributed by atoms with Gasteiger partial charge in [0.05, 0.1) is 6.10 Å². The van der Waals surface area contributed by atoms with Crippen LogP contribution in [0.2, 0.25) is 0 Å². The van der Waals surface area contributed by atoms with Crippen molar-refractivity contribution in [3.63, 3.8) is 0 Å². The Bertz CT molecular complexity index is 558. The number of hydrogen-bond acceptors (Lipinski definition) is 5. The minimum Gasteiger partial charge on any atom is -0.351 e. The predicted molar refractivity (Wildman–Crippen MR) is 97.8 cm³/mol. The number of ether oxygens (including phenoxy) is 1. The fourth-order valence-corrected chi connectivity index (χ4v) is 3.73. The van der Waals surface area contributed by atoms with Gasteiger partial charge in [0.25, 0.3) is 11.8 Å². The first-order valence-electron chi connectivity index (χ1n) is 9.60. The van der Waals surface area contributed by atoms with Crippen molar-refractivity contribution in [1.29, 1.82) is 0 Å². The zero-order valence-electron chi connectivity index (χ0n) is 16.9. The van der Waals surface area contributed by atoms with Gasteiger partial charge in [-0.3, -0.25) is 14.5 Å². The van der Waals surface area contributed by atoms with Crippen molar-refractivity contribution in [2.45, 2.75) is 72.2 Å². The van der Waals surface area contributed by atoms with Gasteiger partial charge in [-0.15, -0.1) is 0 Å². The average molecular weight is 367 g/mol. The van der Waals surface area contributed by atoms with Crippen LogP contribution in [0.5, 0.6) is 0 Å². The Morgan fingerprint density at radius 1 is 1.31 bits per heavy atom. The Morgan fingerprint density at radius 3 is 2.54 bits per heavy atom. The Balaban J connectivity index is 1.92. The molecule has 0 N–H and O–H groups in total. The summed E-state index contributed by atoms with van der Waals surface area (Å²) >= 11 is 0. The predicted octanol–water partition coefficient (Wildman–Crippen LogP) is 3.46. The van der Waals surface area contributed by atoms with Gasteiger partial charge in [0.1, 0.15) is 0 Å². The van der Waals surface area contributed by atoms with Crippen LogP contribution in [0.25, 0.3) is 0 Å². The first-order chi connectivity index (χ1) is 12.2. The van der Waals surface area contributed by atoms with Crippen molar-refractivity contribution in [3.8, 4) is 0 Å². The Kier molecular flexibility index (Phi) is 6.99. The second-order valence-electron chi connectivity index (χ2n) is 8.25.